The number of hydrogen-bond acceptors (Lipinski definition) is 6. The Bertz CT molecular complexity index is 548. The number of hydrogen-bond donors (Lipinski definition) is 0. The van der Waals surface area contributed by atoms with E-state index in [1.54, 1.807) is 0 Å². The van der Waals surface area contributed by atoms with Crippen LogP contribution in [0.1, 0.15) is 46.0 Å². The van der Waals surface area contributed by atoms with Gasteiger partial charge in [0.15, 0.2) is 6.29 Å². The van der Waals surface area contributed by atoms with Crippen molar-refractivity contribution in [1.82, 2.24) is 4.67 Å². The lowest BCUT2D eigenvalue weighted by Crippen LogP contribution is -2.38. The van der Waals surface area contributed by atoms with E-state index in [0.717, 1.165) is 5.56 Å². The summed E-state index contributed by atoms with van der Waals surface area (Å²) in [6.45, 7) is 9.72. The van der Waals surface area contributed by atoms with Gasteiger partial charge in [0.2, 0.25) is 0 Å². The molecule has 0 spiro atoms. The molecular formula is C19H29N2O4P. The molecule has 1 aromatic carbocycles. The predicted molar refractivity (Wildman–Crippen MR) is 101 cm³/mol. The number of benzene rings is 1. The second-order valence-electron chi connectivity index (χ2n) is 6.68. The molecule has 7 heteroatoms. The average Bonchev–Trinajstić information content (AvgIpc) is 2.62. The first-order chi connectivity index (χ1) is 12.5. The summed E-state index contributed by atoms with van der Waals surface area (Å²) in [5, 5.41) is 8.78. The molecule has 1 fully saturated rings. The second-order valence-corrected chi connectivity index (χ2v) is 8.09. The molecular weight excluding hydrogens is 351 g/mol. The third kappa shape index (κ3) is 6.28. The minimum atomic E-state index is -1.28. The van der Waals surface area contributed by atoms with Crippen molar-refractivity contribution in [1.29, 1.82) is 5.26 Å². The SMILES string of the molecule is CC(C)N(C(C)C)P(OCCC#N)OC1COC(c2ccccc2)OC1. The van der Waals surface area contributed by atoms with E-state index in [2.05, 4.69) is 38.4 Å². The van der Waals surface area contributed by atoms with Gasteiger partial charge in [-0.15, -0.1) is 0 Å². The summed E-state index contributed by atoms with van der Waals surface area (Å²) in [5.74, 6) is 0. The lowest BCUT2D eigenvalue weighted by atomic mass is 10.2. The predicted octanol–water partition coefficient (Wildman–Crippen LogP) is 4.39. The maximum atomic E-state index is 8.78. The van der Waals surface area contributed by atoms with Crippen LogP contribution in [0.2, 0.25) is 0 Å². The molecule has 1 aromatic rings. The Hall–Kier alpha value is -1.06. The standard InChI is InChI=1S/C19H29N2O4P/c1-15(2)21(16(3)4)26(24-12-8-11-20)25-18-13-22-19(23-14-18)17-9-6-5-7-10-17/h5-7,9-10,15-16,18-19H,8,12-14H2,1-4H3. The summed E-state index contributed by atoms with van der Waals surface area (Å²) in [6, 6.07) is 12.5. The first kappa shape index (κ1) is 21.2. The Balaban J connectivity index is 1.94. The Morgan fingerprint density at radius 2 is 1.77 bits per heavy atom. The number of ether oxygens (including phenoxy) is 2. The molecule has 0 amide bonds. The maximum absolute atomic E-state index is 8.78. The highest BCUT2D eigenvalue weighted by atomic mass is 31.2. The van der Waals surface area contributed by atoms with Gasteiger partial charge in [-0.25, -0.2) is 4.67 Å². The highest BCUT2D eigenvalue weighted by Gasteiger charge is 2.32. The van der Waals surface area contributed by atoms with Gasteiger partial charge in [-0.3, -0.25) is 0 Å². The van der Waals surface area contributed by atoms with Crippen molar-refractivity contribution < 1.29 is 18.5 Å². The minimum Gasteiger partial charge on any atom is -0.346 e. The minimum absolute atomic E-state index is 0.192. The highest BCUT2D eigenvalue weighted by Crippen LogP contribution is 2.47. The molecule has 6 nitrogen and oxygen atoms in total. The van der Waals surface area contributed by atoms with Gasteiger partial charge in [0.1, 0.15) is 6.10 Å². The Morgan fingerprint density at radius 1 is 1.15 bits per heavy atom. The van der Waals surface area contributed by atoms with Crippen LogP contribution in [0.4, 0.5) is 0 Å². The van der Waals surface area contributed by atoms with Crippen LogP contribution in [-0.2, 0) is 18.5 Å². The molecule has 0 bridgehead atoms. The van der Waals surface area contributed by atoms with Crippen molar-refractivity contribution >= 4 is 8.53 Å². The molecule has 1 atom stereocenters. The summed E-state index contributed by atoms with van der Waals surface area (Å²) in [4.78, 5) is 0. The van der Waals surface area contributed by atoms with Gasteiger partial charge < -0.3 is 18.5 Å². The third-order valence-corrected chi connectivity index (χ3v) is 6.02. The Kier molecular flexibility index (Phi) is 8.94. The van der Waals surface area contributed by atoms with E-state index in [9.17, 15) is 0 Å². The van der Waals surface area contributed by atoms with Crippen molar-refractivity contribution in [3.05, 3.63) is 35.9 Å². The van der Waals surface area contributed by atoms with Crippen molar-refractivity contribution in [2.45, 2.75) is 58.6 Å². The molecule has 1 saturated heterocycles. The quantitative estimate of drug-likeness (QED) is 0.468. The number of nitriles is 1. The lowest BCUT2D eigenvalue weighted by Gasteiger charge is -2.38. The van der Waals surface area contributed by atoms with Gasteiger partial charge in [-0.2, -0.15) is 5.26 Å². The van der Waals surface area contributed by atoms with Crippen LogP contribution in [0.15, 0.2) is 30.3 Å². The highest BCUT2D eigenvalue weighted by molar-refractivity contribution is 7.44. The third-order valence-electron chi connectivity index (χ3n) is 3.84. The van der Waals surface area contributed by atoms with E-state index < -0.39 is 8.53 Å². The van der Waals surface area contributed by atoms with E-state index in [-0.39, 0.29) is 24.5 Å². The summed E-state index contributed by atoms with van der Waals surface area (Å²) in [7, 11) is -1.28. The van der Waals surface area contributed by atoms with E-state index in [1.165, 1.54) is 0 Å². The summed E-state index contributed by atoms with van der Waals surface area (Å²) in [5.41, 5.74) is 1.00. The van der Waals surface area contributed by atoms with Crippen molar-refractivity contribution in [3.63, 3.8) is 0 Å². The molecule has 2 rings (SSSR count). The van der Waals surface area contributed by atoms with E-state index in [1.807, 2.05) is 30.3 Å². The topological polar surface area (TPSA) is 64.0 Å². The van der Waals surface area contributed by atoms with E-state index in [4.69, 9.17) is 23.8 Å². The molecule has 1 aliphatic heterocycles. The van der Waals surface area contributed by atoms with Gasteiger partial charge in [-0.05, 0) is 27.7 Å². The molecule has 0 aliphatic carbocycles. The molecule has 26 heavy (non-hydrogen) atoms. The van der Waals surface area contributed by atoms with Gasteiger partial charge >= 0.3 is 0 Å². The average molecular weight is 380 g/mol. The molecule has 144 valence electrons. The van der Waals surface area contributed by atoms with Crippen LogP contribution in [0.5, 0.6) is 0 Å². The summed E-state index contributed by atoms with van der Waals surface area (Å²) in [6.07, 6.45) is -0.198. The second kappa shape index (κ2) is 10.9. The van der Waals surface area contributed by atoms with Crippen LogP contribution in [0.3, 0.4) is 0 Å². The van der Waals surface area contributed by atoms with Crippen molar-refractivity contribution in [3.8, 4) is 6.07 Å². The number of rotatable bonds is 9. The Morgan fingerprint density at radius 3 is 2.31 bits per heavy atom. The molecule has 1 unspecified atom stereocenters. The lowest BCUT2D eigenvalue weighted by molar-refractivity contribution is -0.216. The Labute approximate surface area is 158 Å². The number of nitrogens with zero attached hydrogens (tertiary/aromatic N) is 2. The van der Waals surface area contributed by atoms with Gasteiger partial charge in [0.25, 0.3) is 8.53 Å². The molecule has 0 N–H and O–H groups in total. The first-order valence-corrected chi connectivity index (χ1v) is 10.2. The van der Waals surface area contributed by atoms with Crippen LogP contribution in [0, 0.1) is 11.3 Å². The normalized spacial score (nSPS) is 21.9. The molecule has 0 aromatic heterocycles. The summed E-state index contributed by atoms with van der Waals surface area (Å²) < 4.78 is 26.0. The molecule has 0 saturated carbocycles. The van der Waals surface area contributed by atoms with Gasteiger partial charge in [0, 0.05) is 17.6 Å². The zero-order valence-corrected chi connectivity index (χ0v) is 16.9. The van der Waals surface area contributed by atoms with Gasteiger partial charge in [-0.1, -0.05) is 30.3 Å². The first-order valence-electron chi connectivity index (χ1n) is 9.06. The van der Waals surface area contributed by atoms with Crippen LogP contribution >= 0.6 is 8.53 Å². The van der Waals surface area contributed by atoms with Crippen molar-refractivity contribution in [2.24, 2.45) is 0 Å². The smallest absolute Gasteiger partial charge is 0.259 e. The summed E-state index contributed by atoms with van der Waals surface area (Å²) >= 11 is 0. The zero-order chi connectivity index (χ0) is 18.9. The van der Waals surface area contributed by atoms with Crippen molar-refractivity contribution in [2.75, 3.05) is 19.8 Å². The maximum Gasteiger partial charge on any atom is 0.259 e. The van der Waals surface area contributed by atoms with Crippen LogP contribution in [0.25, 0.3) is 0 Å². The zero-order valence-electron chi connectivity index (χ0n) is 16.0. The van der Waals surface area contributed by atoms with Crippen LogP contribution < -0.4 is 0 Å². The molecule has 0 radical (unpaired) electrons. The fourth-order valence-electron chi connectivity index (χ4n) is 2.77. The van der Waals surface area contributed by atoms with E-state index in [0.29, 0.717) is 26.2 Å². The molecule has 1 heterocycles. The van der Waals surface area contributed by atoms with Crippen LogP contribution in [-0.4, -0.2) is 42.7 Å². The fraction of sp³-hybridized carbons (Fsp3) is 0.632. The largest absolute Gasteiger partial charge is 0.346 e. The van der Waals surface area contributed by atoms with Gasteiger partial charge in [0.05, 0.1) is 32.3 Å². The van der Waals surface area contributed by atoms with E-state index >= 15 is 0 Å². The monoisotopic (exact) mass is 380 g/mol. The fourth-order valence-corrected chi connectivity index (χ4v) is 4.45. The molecule has 1 aliphatic rings.